The highest BCUT2D eigenvalue weighted by Crippen LogP contribution is 2.71. The van der Waals surface area contributed by atoms with E-state index in [2.05, 4.69) is 170 Å². The van der Waals surface area contributed by atoms with E-state index in [1.54, 1.807) is 11.1 Å². The molecule has 0 saturated heterocycles. The largest absolute Gasteiger partial charge is 0.310 e. The van der Waals surface area contributed by atoms with Crippen LogP contribution < -0.4 is 4.90 Å². The lowest BCUT2D eigenvalue weighted by Crippen LogP contribution is -2.24. The van der Waals surface area contributed by atoms with Gasteiger partial charge < -0.3 is 4.90 Å². The number of fused-ring (bicyclic) bond motifs is 6. The number of anilines is 3. The Labute approximate surface area is 300 Å². The zero-order chi connectivity index (χ0) is 33.8. The van der Waals surface area contributed by atoms with Crippen molar-refractivity contribution in [3.8, 4) is 22.3 Å². The fraction of sp³-hybridized carbons (Fsp3) is 0.120. The van der Waals surface area contributed by atoms with Crippen LogP contribution in [0, 0.1) is 0 Å². The minimum absolute atomic E-state index is 0.265. The van der Waals surface area contributed by atoms with Gasteiger partial charge in [-0.3, -0.25) is 0 Å². The molecule has 51 heavy (non-hydrogen) atoms. The SMILES string of the molecule is C/C=C\C1=C(C)Cc2cc(N(c3ccc(-c4ccccc4)cc3)c3ccc4c(c3)[C@]35C6=C(CCC=C6c6cccc-4c63)c3ccccc35)ccc21. The van der Waals surface area contributed by atoms with Gasteiger partial charge in [-0.2, -0.15) is 0 Å². The summed E-state index contributed by atoms with van der Waals surface area (Å²) in [5, 5.41) is 0. The first kappa shape index (κ1) is 28.9. The Bertz CT molecular complexity index is 2610. The average molecular weight is 652 g/mol. The lowest BCUT2D eigenvalue weighted by Gasteiger charge is -2.31. The first-order valence-corrected chi connectivity index (χ1v) is 18.4. The number of nitrogens with zero attached hydrogens (tertiary/aromatic N) is 1. The van der Waals surface area contributed by atoms with Gasteiger partial charge in [-0.1, -0.05) is 121 Å². The van der Waals surface area contributed by atoms with Crippen LogP contribution in [-0.2, 0) is 11.8 Å². The van der Waals surface area contributed by atoms with Crippen LogP contribution in [0.3, 0.4) is 0 Å². The molecule has 0 heterocycles. The van der Waals surface area contributed by atoms with Gasteiger partial charge in [-0.25, -0.2) is 0 Å². The highest BCUT2D eigenvalue weighted by atomic mass is 15.1. The second-order valence-electron chi connectivity index (χ2n) is 14.7. The fourth-order valence-corrected chi connectivity index (χ4v) is 10.2. The summed E-state index contributed by atoms with van der Waals surface area (Å²) in [6, 6.07) is 50.5. The van der Waals surface area contributed by atoms with Crippen molar-refractivity contribution in [3.63, 3.8) is 0 Å². The molecule has 5 aliphatic rings. The summed E-state index contributed by atoms with van der Waals surface area (Å²) in [7, 11) is 0. The molecule has 0 radical (unpaired) electrons. The number of hydrogen-bond acceptors (Lipinski definition) is 1. The smallest absolute Gasteiger partial charge is 0.0734 e. The van der Waals surface area contributed by atoms with Crippen LogP contribution in [-0.4, -0.2) is 0 Å². The maximum atomic E-state index is 2.54. The van der Waals surface area contributed by atoms with Crippen molar-refractivity contribution in [2.75, 3.05) is 4.90 Å². The molecule has 0 aromatic heterocycles. The molecule has 1 nitrogen and oxygen atoms in total. The summed E-state index contributed by atoms with van der Waals surface area (Å²) in [5.41, 5.74) is 25.9. The summed E-state index contributed by atoms with van der Waals surface area (Å²) < 4.78 is 0. The second-order valence-corrected chi connectivity index (χ2v) is 14.7. The monoisotopic (exact) mass is 651 g/mol. The number of benzene rings is 6. The van der Waals surface area contributed by atoms with Crippen molar-refractivity contribution < 1.29 is 0 Å². The summed E-state index contributed by atoms with van der Waals surface area (Å²) in [6.07, 6.45) is 10.1. The Morgan fingerprint density at radius 1 is 0.608 bits per heavy atom. The van der Waals surface area contributed by atoms with E-state index < -0.39 is 0 Å². The second kappa shape index (κ2) is 10.5. The molecule has 0 unspecified atom stereocenters. The average Bonchev–Trinajstić information content (AvgIpc) is 3.87. The zero-order valence-corrected chi connectivity index (χ0v) is 29.0. The molecule has 0 amide bonds. The van der Waals surface area contributed by atoms with Crippen LogP contribution in [0.5, 0.6) is 0 Å². The molecule has 0 saturated carbocycles. The normalized spacial score (nSPS) is 18.5. The van der Waals surface area contributed by atoms with Gasteiger partial charge in [0.2, 0.25) is 0 Å². The first-order chi connectivity index (χ1) is 25.2. The third-order valence-corrected chi connectivity index (χ3v) is 12.1. The van der Waals surface area contributed by atoms with E-state index in [0.717, 1.165) is 24.9 Å². The van der Waals surface area contributed by atoms with Crippen LogP contribution in [0.25, 0.3) is 39.0 Å². The molecule has 6 aromatic carbocycles. The van der Waals surface area contributed by atoms with E-state index in [0.29, 0.717) is 0 Å². The summed E-state index contributed by atoms with van der Waals surface area (Å²) >= 11 is 0. The lowest BCUT2D eigenvalue weighted by atomic mass is 9.72. The van der Waals surface area contributed by atoms with Crippen molar-refractivity contribution in [2.24, 2.45) is 0 Å². The minimum atomic E-state index is -0.265. The zero-order valence-electron chi connectivity index (χ0n) is 29.0. The van der Waals surface area contributed by atoms with Crippen molar-refractivity contribution >= 4 is 33.8 Å². The van der Waals surface area contributed by atoms with Gasteiger partial charge in [-0.15, -0.1) is 0 Å². The van der Waals surface area contributed by atoms with E-state index in [1.807, 2.05) is 0 Å². The molecule has 6 aromatic rings. The molecule has 5 aliphatic carbocycles. The highest BCUT2D eigenvalue weighted by Gasteiger charge is 2.59. The van der Waals surface area contributed by atoms with E-state index >= 15 is 0 Å². The van der Waals surface area contributed by atoms with Gasteiger partial charge in [0.05, 0.1) is 5.41 Å². The van der Waals surface area contributed by atoms with Gasteiger partial charge >= 0.3 is 0 Å². The Morgan fingerprint density at radius 3 is 2.16 bits per heavy atom. The molecule has 11 rings (SSSR count). The summed E-state index contributed by atoms with van der Waals surface area (Å²) in [5.74, 6) is 0. The lowest BCUT2D eigenvalue weighted by molar-refractivity contribution is 0.809. The first-order valence-electron chi connectivity index (χ1n) is 18.4. The maximum absolute atomic E-state index is 2.54. The van der Waals surface area contributed by atoms with E-state index in [-0.39, 0.29) is 5.41 Å². The molecule has 0 aliphatic heterocycles. The Hall–Kier alpha value is -5.92. The number of hydrogen-bond donors (Lipinski definition) is 0. The van der Waals surface area contributed by atoms with Crippen molar-refractivity contribution in [2.45, 2.75) is 38.5 Å². The predicted molar refractivity (Wildman–Crippen MR) is 214 cm³/mol. The molecule has 1 spiro atoms. The van der Waals surface area contributed by atoms with E-state index in [1.165, 1.54) is 89.3 Å². The molecule has 0 fully saturated rings. The van der Waals surface area contributed by atoms with Crippen LogP contribution >= 0.6 is 0 Å². The highest BCUT2D eigenvalue weighted by molar-refractivity contribution is 6.11. The van der Waals surface area contributed by atoms with Gasteiger partial charge in [-0.05, 0) is 153 Å². The number of allylic oxidation sites excluding steroid dienone is 8. The Balaban J connectivity index is 1.13. The topological polar surface area (TPSA) is 3.24 Å². The van der Waals surface area contributed by atoms with Crippen LogP contribution in [0.15, 0.2) is 163 Å². The molecular weight excluding hydrogens is 615 g/mol. The summed E-state index contributed by atoms with van der Waals surface area (Å²) in [6.45, 7) is 4.39. The van der Waals surface area contributed by atoms with Gasteiger partial charge in [0.25, 0.3) is 0 Å². The van der Waals surface area contributed by atoms with E-state index in [9.17, 15) is 0 Å². The third-order valence-electron chi connectivity index (χ3n) is 12.1. The fourth-order valence-electron chi connectivity index (χ4n) is 10.2. The van der Waals surface area contributed by atoms with Gasteiger partial charge in [0.15, 0.2) is 0 Å². The quantitative estimate of drug-likeness (QED) is 0.179. The maximum Gasteiger partial charge on any atom is 0.0734 e. The van der Waals surface area contributed by atoms with Crippen molar-refractivity contribution in [1.29, 1.82) is 0 Å². The number of rotatable bonds is 5. The minimum Gasteiger partial charge on any atom is -0.310 e. The molecular formula is C50H37N. The Kier molecular flexibility index (Phi) is 5.97. The molecule has 0 bridgehead atoms. The summed E-state index contributed by atoms with van der Waals surface area (Å²) in [4.78, 5) is 2.49. The molecule has 242 valence electrons. The molecule has 1 heteroatoms. The van der Waals surface area contributed by atoms with Crippen molar-refractivity contribution in [1.82, 2.24) is 0 Å². The standard InChI is InChI=1S/C50H37N/c1-3-11-38-31(2)28-34-29-36(24-26-39(34)38)51(35-22-20-33(21-23-35)32-12-5-4-6-13-32)37-25-27-41-43-16-10-18-45-44-17-9-15-42-40-14-7-8-19-46(40)50(48(42)44,49(43)45)47(41)30-37/h3-8,10-14,16-27,29-30H,9,15,28H2,1-2H3/b11-3-/t50-/m1/s1. The van der Waals surface area contributed by atoms with E-state index in [4.69, 9.17) is 0 Å². The van der Waals surface area contributed by atoms with Crippen molar-refractivity contribution in [3.05, 3.63) is 202 Å². The van der Waals surface area contributed by atoms with Gasteiger partial charge in [0.1, 0.15) is 0 Å². The van der Waals surface area contributed by atoms with Gasteiger partial charge in [0, 0.05) is 17.1 Å². The third kappa shape index (κ3) is 3.76. The predicted octanol–water partition coefficient (Wildman–Crippen LogP) is 13.0. The molecule has 1 atom stereocenters. The Morgan fingerprint density at radius 2 is 1.31 bits per heavy atom. The van der Waals surface area contributed by atoms with Crippen LogP contribution in [0.1, 0.15) is 65.6 Å². The van der Waals surface area contributed by atoms with Crippen LogP contribution in [0.4, 0.5) is 17.1 Å². The molecule has 0 N–H and O–H groups in total. The van der Waals surface area contributed by atoms with Crippen LogP contribution in [0.2, 0.25) is 0 Å².